The van der Waals surface area contributed by atoms with Crippen molar-refractivity contribution in [1.82, 2.24) is 14.9 Å². The van der Waals surface area contributed by atoms with Crippen molar-refractivity contribution in [2.24, 2.45) is 7.05 Å². The quantitative estimate of drug-likeness (QED) is 0.673. The molecular weight excluding hydrogens is 409 g/mol. The number of imidazole rings is 1. The number of nitrogens with one attached hydrogen (secondary N) is 1. The third-order valence-electron chi connectivity index (χ3n) is 3.77. The second kappa shape index (κ2) is 7.37. The van der Waals surface area contributed by atoms with Gasteiger partial charge in [0.2, 0.25) is 0 Å². The first-order valence-corrected chi connectivity index (χ1v) is 8.61. The predicted molar refractivity (Wildman–Crippen MR) is 98.1 cm³/mol. The first kappa shape index (κ1) is 17.6. The third-order valence-corrected chi connectivity index (χ3v) is 4.59. The zero-order valence-electron chi connectivity index (χ0n) is 13.2. The Morgan fingerprint density at radius 1 is 1.28 bits per heavy atom. The molecule has 7 heteroatoms. The standard InChI is InChI=1S/C18H14BrClFN3O/c1-24-9-8-22-17(24)16(11-2-5-13(21)6-3-11)23-18(25)14-10-12(19)4-7-15(14)20/h2-10,16H,1H3,(H,23,25)/t16-/m1/s1. The molecule has 3 rings (SSSR count). The van der Waals surface area contributed by atoms with Crippen LogP contribution in [0.3, 0.4) is 0 Å². The van der Waals surface area contributed by atoms with E-state index in [2.05, 4.69) is 26.2 Å². The van der Waals surface area contributed by atoms with Crippen LogP contribution in [-0.2, 0) is 7.05 Å². The lowest BCUT2D eigenvalue weighted by molar-refractivity contribution is 0.0941. The zero-order chi connectivity index (χ0) is 18.0. The van der Waals surface area contributed by atoms with Gasteiger partial charge in [0.15, 0.2) is 0 Å². The summed E-state index contributed by atoms with van der Waals surface area (Å²) in [5.41, 5.74) is 1.06. The molecule has 0 unspecified atom stereocenters. The lowest BCUT2D eigenvalue weighted by Gasteiger charge is -2.19. The topological polar surface area (TPSA) is 46.9 Å². The van der Waals surface area contributed by atoms with Gasteiger partial charge in [-0.2, -0.15) is 0 Å². The van der Waals surface area contributed by atoms with Crippen LogP contribution in [0.25, 0.3) is 0 Å². The highest BCUT2D eigenvalue weighted by atomic mass is 79.9. The fourth-order valence-corrected chi connectivity index (χ4v) is 3.05. The minimum absolute atomic E-state index is 0.344. The molecule has 2 aromatic carbocycles. The van der Waals surface area contributed by atoms with E-state index in [1.165, 1.54) is 12.1 Å². The summed E-state index contributed by atoms with van der Waals surface area (Å²) in [5.74, 6) is -0.0570. The molecule has 25 heavy (non-hydrogen) atoms. The van der Waals surface area contributed by atoms with E-state index < -0.39 is 6.04 Å². The first-order valence-electron chi connectivity index (χ1n) is 7.44. The van der Waals surface area contributed by atoms with Gasteiger partial charge >= 0.3 is 0 Å². The van der Waals surface area contributed by atoms with Crippen molar-refractivity contribution in [3.05, 3.63) is 87.1 Å². The summed E-state index contributed by atoms with van der Waals surface area (Å²) < 4.78 is 15.8. The predicted octanol–water partition coefficient (Wildman–Crippen LogP) is 4.49. The molecule has 0 aliphatic carbocycles. The number of aromatic nitrogens is 2. The van der Waals surface area contributed by atoms with Gasteiger partial charge < -0.3 is 9.88 Å². The van der Waals surface area contributed by atoms with Crippen LogP contribution in [0.4, 0.5) is 4.39 Å². The third kappa shape index (κ3) is 3.91. The fourth-order valence-electron chi connectivity index (χ4n) is 2.49. The number of nitrogens with zero attached hydrogens (tertiary/aromatic N) is 2. The van der Waals surface area contributed by atoms with Gasteiger partial charge in [-0.15, -0.1) is 0 Å². The maximum atomic E-state index is 13.3. The largest absolute Gasteiger partial charge is 0.338 e. The maximum Gasteiger partial charge on any atom is 0.253 e. The van der Waals surface area contributed by atoms with Crippen LogP contribution in [0.2, 0.25) is 5.02 Å². The summed E-state index contributed by atoms with van der Waals surface area (Å²) in [5, 5.41) is 3.28. The average molecular weight is 423 g/mol. The van der Waals surface area contributed by atoms with E-state index >= 15 is 0 Å². The van der Waals surface area contributed by atoms with Gasteiger partial charge in [-0.3, -0.25) is 4.79 Å². The van der Waals surface area contributed by atoms with Crippen LogP contribution in [0.5, 0.6) is 0 Å². The molecule has 1 N–H and O–H groups in total. The van der Waals surface area contributed by atoms with E-state index in [1.807, 2.05) is 7.05 Å². The lowest BCUT2D eigenvalue weighted by Crippen LogP contribution is -2.31. The zero-order valence-corrected chi connectivity index (χ0v) is 15.6. The Bertz CT molecular complexity index is 911. The Labute approximate surface area is 157 Å². The van der Waals surface area contributed by atoms with Crippen molar-refractivity contribution in [3.8, 4) is 0 Å². The van der Waals surface area contributed by atoms with Gasteiger partial charge in [0, 0.05) is 23.9 Å². The number of carbonyl (C=O) groups is 1. The highest BCUT2D eigenvalue weighted by molar-refractivity contribution is 9.10. The summed E-state index contributed by atoms with van der Waals surface area (Å²) in [6.45, 7) is 0. The summed E-state index contributed by atoms with van der Waals surface area (Å²) >= 11 is 9.48. The van der Waals surface area contributed by atoms with Gasteiger partial charge in [0.25, 0.3) is 5.91 Å². The minimum Gasteiger partial charge on any atom is -0.338 e. The molecule has 1 heterocycles. The van der Waals surface area contributed by atoms with E-state index in [9.17, 15) is 9.18 Å². The smallest absolute Gasteiger partial charge is 0.253 e. The molecule has 1 aromatic heterocycles. The van der Waals surface area contributed by atoms with Crippen LogP contribution in [-0.4, -0.2) is 15.5 Å². The Hall–Kier alpha value is -2.18. The molecule has 3 aromatic rings. The Balaban J connectivity index is 1.98. The molecule has 0 saturated heterocycles. The van der Waals surface area contributed by atoms with E-state index in [0.717, 1.165) is 10.0 Å². The van der Waals surface area contributed by atoms with Crippen LogP contribution < -0.4 is 5.32 Å². The molecule has 0 aliphatic heterocycles. The molecule has 1 atom stereocenters. The van der Waals surface area contributed by atoms with Crippen LogP contribution in [0.15, 0.2) is 59.3 Å². The number of aryl methyl sites for hydroxylation is 1. The number of hydrogen-bond donors (Lipinski definition) is 1. The Morgan fingerprint density at radius 2 is 2.00 bits per heavy atom. The second-order valence-electron chi connectivity index (χ2n) is 5.48. The molecule has 0 saturated carbocycles. The molecule has 0 radical (unpaired) electrons. The minimum atomic E-state index is -0.539. The summed E-state index contributed by atoms with van der Waals surface area (Å²) in [4.78, 5) is 17.1. The molecule has 0 spiro atoms. The van der Waals surface area contributed by atoms with Crippen LogP contribution in [0, 0.1) is 5.82 Å². The van der Waals surface area contributed by atoms with Crippen molar-refractivity contribution in [2.75, 3.05) is 0 Å². The van der Waals surface area contributed by atoms with E-state index in [-0.39, 0.29) is 11.7 Å². The molecule has 0 aliphatic rings. The van der Waals surface area contributed by atoms with E-state index in [4.69, 9.17) is 11.6 Å². The second-order valence-corrected chi connectivity index (χ2v) is 6.80. The van der Waals surface area contributed by atoms with Gasteiger partial charge in [-0.05, 0) is 35.9 Å². The number of halogens is 3. The summed E-state index contributed by atoms with van der Waals surface area (Å²) in [6.07, 6.45) is 3.42. The maximum absolute atomic E-state index is 13.3. The Kier molecular flexibility index (Phi) is 5.20. The van der Waals surface area contributed by atoms with Gasteiger partial charge in [0.05, 0.1) is 10.6 Å². The number of amides is 1. The lowest BCUT2D eigenvalue weighted by atomic mass is 10.1. The number of rotatable bonds is 4. The highest BCUT2D eigenvalue weighted by Gasteiger charge is 2.22. The van der Waals surface area contributed by atoms with Crippen molar-refractivity contribution in [3.63, 3.8) is 0 Å². The monoisotopic (exact) mass is 421 g/mol. The van der Waals surface area contributed by atoms with Crippen molar-refractivity contribution < 1.29 is 9.18 Å². The fraction of sp³-hybridized carbons (Fsp3) is 0.111. The highest BCUT2D eigenvalue weighted by Crippen LogP contribution is 2.25. The Morgan fingerprint density at radius 3 is 2.64 bits per heavy atom. The molecular formula is C18H14BrClFN3O. The van der Waals surface area contributed by atoms with Crippen LogP contribution in [0.1, 0.15) is 27.8 Å². The normalized spacial score (nSPS) is 12.0. The molecule has 0 fully saturated rings. The number of benzene rings is 2. The van der Waals surface area contributed by atoms with Gasteiger partial charge in [-0.25, -0.2) is 9.37 Å². The van der Waals surface area contributed by atoms with Crippen molar-refractivity contribution >= 4 is 33.4 Å². The molecule has 128 valence electrons. The summed E-state index contributed by atoms with van der Waals surface area (Å²) in [7, 11) is 1.83. The molecule has 1 amide bonds. The number of hydrogen-bond acceptors (Lipinski definition) is 2. The van der Waals surface area contributed by atoms with Crippen LogP contribution >= 0.6 is 27.5 Å². The van der Waals surface area contributed by atoms with Gasteiger partial charge in [-0.1, -0.05) is 39.7 Å². The van der Waals surface area contributed by atoms with Gasteiger partial charge in [0.1, 0.15) is 17.7 Å². The average Bonchev–Trinajstić information content (AvgIpc) is 3.01. The molecule has 0 bridgehead atoms. The summed E-state index contributed by atoms with van der Waals surface area (Å²) in [6, 6.07) is 10.5. The SMILES string of the molecule is Cn1ccnc1[C@H](NC(=O)c1cc(Br)ccc1Cl)c1ccc(F)cc1. The molecule has 4 nitrogen and oxygen atoms in total. The first-order chi connectivity index (χ1) is 12.0. The van der Waals surface area contributed by atoms with E-state index in [1.54, 1.807) is 47.3 Å². The van der Waals surface area contributed by atoms with Crippen molar-refractivity contribution in [2.45, 2.75) is 6.04 Å². The van der Waals surface area contributed by atoms with E-state index in [0.29, 0.717) is 16.4 Å². The van der Waals surface area contributed by atoms with Crippen molar-refractivity contribution in [1.29, 1.82) is 0 Å². The number of carbonyl (C=O) groups excluding carboxylic acids is 1.